The molecule has 0 heterocycles. The molecule has 0 saturated carbocycles. The Morgan fingerprint density at radius 3 is 0.703 bits per heavy atom. The minimum Gasteiger partial charge on any atom is -0.462 e. The molecule has 17 nitrogen and oxygen atoms in total. The molecule has 19 heteroatoms. The van der Waals surface area contributed by atoms with Gasteiger partial charge in [0.05, 0.1) is 26.4 Å². The van der Waals surface area contributed by atoms with E-state index in [0.717, 1.165) is 120 Å². The number of hydrogen-bond acceptors (Lipinski definition) is 15. The largest absolute Gasteiger partial charge is 0.472 e. The molecule has 0 bridgehead atoms. The van der Waals surface area contributed by atoms with Gasteiger partial charge >= 0.3 is 39.5 Å². The van der Waals surface area contributed by atoms with Crippen LogP contribution in [0.25, 0.3) is 0 Å². The van der Waals surface area contributed by atoms with E-state index < -0.39 is 97.5 Å². The number of phosphoric ester groups is 2. The van der Waals surface area contributed by atoms with Crippen molar-refractivity contribution < 1.29 is 80.2 Å². The molecule has 0 aliphatic rings. The minimum atomic E-state index is -4.96. The van der Waals surface area contributed by atoms with Crippen molar-refractivity contribution in [3.63, 3.8) is 0 Å². The Labute approximate surface area is 619 Å². The number of esters is 4. The van der Waals surface area contributed by atoms with E-state index in [2.05, 4.69) is 55.4 Å². The molecule has 0 amide bonds. The van der Waals surface area contributed by atoms with Crippen molar-refractivity contribution in [3.05, 3.63) is 0 Å². The third-order valence-electron chi connectivity index (χ3n) is 20.2. The van der Waals surface area contributed by atoms with Crippen LogP contribution in [0, 0.1) is 23.7 Å². The number of rotatable bonds is 79. The highest BCUT2D eigenvalue weighted by Crippen LogP contribution is 2.45. The highest BCUT2D eigenvalue weighted by molar-refractivity contribution is 7.47. The van der Waals surface area contributed by atoms with Gasteiger partial charge in [-0.25, -0.2) is 9.13 Å². The normalized spacial score (nSPS) is 14.8. The molecule has 0 saturated heterocycles. The van der Waals surface area contributed by atoms with E-state index in [4.69, 9.17) is 37.0 Å². The lowest BCUT2D eigenvalue weighted by molar-refractivity contribution is -0.161. The number of phosphoric acid groups is 2. The average molecular weight is 1480 g/mol. The summed E-state index contributed by atoms with van der Waals surface area (Å²) in [7, 11) is -9.92. The van der Waals surface area contributed by atoms with Crippen molar-refractivity contribution in [2.75, 3.05) is 39.6 Å². The monoisotopic (exact) mass is 1480 g/mol. The van der Waals surface area contributed by atoms with Crippen LogP contribution in [0.3, 0.4) is 0 Å². The third-order valence-corrected chi connectivity index (χ3v) is 22.1. The van der Waals surface area contributed by atoms with Gasteiger partial charge in [0, 0.05) is 25.7 Å². The maximum absolute atomic E-state index is 13.1. The van der Waals surface area contributed by atoms with Gasteiger partial charge in [0.15, 0.2) is 12.2 Å². The second-order valence-corrected chi connectivity index (χ2v) is 33.6. The Hall–Kier alpha value is -1.94. The first-order valence-corrected chi connectivity index (χ1v) is 45.3. The summed E-state index contributed by atoms with van der Waals surface area (Å²) in [6, 6.07) is 0. The lowest BCUT2D eigenvalue weighted by Crippen LogP contribution is -2.30. The molecule has 3 N–H and O–H groups in total. The van der Waals surface area contributed by atoms with Crippen molar-refractivity contribution in [2.24, 2.45) is 23.7 Å². The number of aliphatic hydroxyl groups is 1. The molecule has 600 valence electrons. The Kier molecular flexibility index (Phi) is 69.6. The number of aliphatic hydroxyl groups excluding tert-OH is 1. The number of ether oxygens (including phenoxy) is 4. The summed E-state index contributed by atoms with van der Waals surface area (Å²) in [5.41, 5.74) is 0. The van der Waals surface area contributed by atoms with Crippen LogP contribution >= 0.6 is 15.6 Å². The fourth-order valence-corrected chi connectivity index (χ4v) is 14.1. The van der Waals surface area contributed by atoms with Crippen molar-refractivity contribution in [2.45, 2.75) is 440 Å². The highest BCUT2D eigenvalue weighted by atomic mass is 31.2. The number of hydrogen-bond donors (Lipinski definition) is 3. The molecule has 0 aromatic rings. The zero-order chi connectivity index (χ0) is 74.6. The van der Waals surface area contributed by atoms with Crippen molar-refractivity contribution >= 4 is 39.5 Å². The summed E-state index contributed by atoms with van der Waals surface area (Å²) < 4.78 is 68.7. The molecule has 0 radical (unpaired) electrons. The zero-order valence-electron chi connectivity index (χ0n) is 66.5. The van der Waals surface area contributed by atoms with Gasteiger partial charge in [-0.3, -0.25) is 37.3 Å². The quantitative estimate of drug-likeness (QED) is 0.0222. The van der Waals surface area contributed by atoms with Crippen LogP contribution in [0.2, 0.25) is 0 Å². The fraction of sp³-hybridized carbons (Fsp3) is 0.951. The van der Waals surface area contributed by atoms with E-state index in [1.54, 1.807) is 0 Å². The van der Waals surface area contributed by atoms with E-state index in [0.29, 0.717) is 25.7 Å². The summed E-state index contributed by atoms with van der Waals surface area (Å²) in [5, 5.41) is 10.6. The van der Waals surface area contributed by atoms with Gasteiger partial charge < -0.3 is 33.8 Å². The second-order valence-electron chi connectivity index (χ2n) is 30.7. The maximum Gasteiger partial charge on any atom is 0.472 e. The van der Waals surface area contributed by atoms with Gasteiger partial charge in [-0.15, -0.1) is 0 Å². The molecule has 8 atom stereocenters. The predicted octanol–water partition coefficient (Wildman–Crippen LogP) is 24.4. The van der Waals surface area contributed by atoms with E-state index in [1.807, 2.05) is 0 Å². The Morgan fingerprint density at radius 1 is 0.277 bits per heavy atom. The first kappa shape index (κ1) is 99.1. The molecule has 5 unspecified atom stereocenters. The molecule has 0 spiro atoms. The summed E-state index contributed by atoms with van der Waals surface area (Å²) >= 11 is 0. The standard InChI is InChI=1S/C82H160O17P2/c1-9-73(6)59-51-43-35-28-24-20-16-14-12-13-15-17-22-26-30-38-48-56-64-81(86)98-77(68-92-79(84)62-54-46-37-33-32-34-42-50-58-72(4)5)70-96-100(88,89)94-66-76(83)67-95-101(90,91)97-71-78(69-93-80(85)63-55-47-41-40-45-53-61-75(8)11-3)99-82(87)65-57-49-39-31-27-23-19-18-21-25-29-36-44-52-60-74(7)10-2/h72-78,83H,9-71H2,1-8H3,(H,88,89)(H,90,91)/t73?,74?,75?,76-,77-,78-/m1/s1. The fourth-order valence-electron chi connectivity index (χ4n) is 12.5. The van der Waals surface area contributed by atoms with Crippen molar-refractivity contribution in [1.29, 1.82) is 0 Å². The molecule has 101 heavy (non-hydrogen) atoms. The van der Waals surface area contributed by atoms with Gasteiger partial charge in [0.2, 0.25) is 0 Å². The Morgan fingerprint density at radius 2 is 0.475 bits per heavy atom. The third kappa shape index (κ3) is 72.1. The van der Waals surface area contributed by atoms with Crippen LogP contribution in [0.4, 0.5) is 0 Å². The van der Waals surface area contributed by atoms with Gasteiger partial charge in [0.1, 0.15) is 19.3 Å². The average Bonchev–Trinajstić information content (AvgIpc) is 0.940. The summed E-state index contributed by atoms with van der Waals surface area (Å²) in [4.78, 5) is 73.0. The van der Waals surface area contributed by atoms with Crippen molar-refractivity contribution in [3.8, 4) is 0 Å². The first-order valence-electron chi connectivity index (χ1n) is 42.3. The molecule has 0 fully saturated rings. The van der Waals surface area contributed by atoms with Gasteiger partial charge in [-0.2, -0.15) is 0 Å². The Balaban J connectivity index is 5.18. The van der Waals surface area contributed by atoms with E-state index in [9.17, 15) is 43.2 Å². The van der Waals surface area contributed by atoms with Crippen LogP contribution < -0.4 is 0 Å². The number of unbranched alkanes of at least 4 members (excludes halogenated alkanes) is 42. The van der Waals surface area contributed by atoms with E-state index in [1.165, 1.54) is 218 Å². The topological polar surface area (TPSA) is 237 Å². The van der Waals surface area contributed by atoms with E-state index >= 15 is 0 Å². The van der Waals surface area contributed by atoms with Crippen LogP contribution in [0.1, 0.15) is 421 Å². The smallest absolute Gasteiger partial charge is 0.462 e. The molecule has 0 aromatic heterocycles. The molecule has 0 aromatic carbocycles. The van der Waals surface area contributed by atoms with Gasteiger partial charge in [0.25, 0.3) is 0 Å². The molecule has 0 aliphatic heterocycles. The summed E-state index contributed by atoms with van der Waals surface area (Å²) in [5.74, 6) is 1.06. The zero-order valence-corrected chi connectivity index (χ0v) is 68.3. The molecular formula is C82H160O17P2. The maximum atomic E-state index is 13.1. The second kappa shape index (κ2) is 71.0. The van der Waals surface area contributed by atoms with Crippen LogP contribution in [0.15, 0.2) is 0 Å². The van der Waals surface area contributed by atoms with E-state index in [-0.39, 0.29) is 25.7 Å². The lowest BCUT2D eigenvalue weighted by Gasteiger charge is -2.21. The minimum absolute atomic E-state index is 0.106. The molecular weight excluding hydrogens is 1320 g/mol. The van der Waals surface area contributed by atoms with Gasteiger partial charge in [-0.05, 0) is 49.4 Å². The summed E-state index contributed by atoms with van der Waals surface area (Å²) in [6.07, 6.45) is 58.3. The lowest BCUT2D eigenvalue weighted by atomic mass is 9.99. The highest BCUT2D eigenvalue weighted by Gasteiger charge is 2.30. The van der Waals surface area contributed by atoms with Crippen LogP contribution in [-0.2, 0) is 65.4 Å². The number of carbonyl (C=O) groups excluding carboxylic acids is 4. The first-order chi connectivity index (χ1) is 48.7. The van der Waals surface area contributed by atoms with Crippen LogP contribution in [-0.4, -0.2) is 96.7 Å². The molecule has 0 rings (SSSR count). The predicted molar refractivity (Wildman–Crippen MR) is 414 cm³/mol. The summed E-state index contributed by atoms with van der Waals surface area (Å²) in [6.45, 7) is 14.3. The number of carbonyl (C=O) groups is 4. The SMILES string of the molecule is CCC(C)CCCCCCCCCCCCCCCCCCCCC(=O)O[C@H](COC(=O)CCCCCCCCCCC(C)C)COP(=O)(O)OC[C@@H](O)COP(=O)(O)OC[C@@H](COC(=O)CCCCCCCCC(C)CC)OC(=O)CCCCCCCCCCCCCCCCC(C)CC. The molecule has 0 aliphatic carbocycles. The van der Waals surface area contributed by atoms with Gasteiger partial charge in [-0.1, -0.05) is 370 Å². The Bertz CT molecular complexity index is 1980. The van der Waals surface area contributed by atoms with Crippen LogP contribution in [0.5, 0.6) is 0 Å². The van der Waals surface area contributed by atoms with Crippen molar-refractivity contribution in [1.82, 2.24) is 0 Å².